The van der Waals surface area contributed by atoms with Crippen molar-refractivity contribution in [3.8, 4) is 11.3 Å². The molecule has 0 atom stereocenters. The van der Waals surface area contributed by atoms with Gasteiger partial charge in [0.1, 0.15) is 0 Å². The van der Waals surface area contributed by atoms with Crippen molar-refractivity contribution >= 4 is 33.7 Å². The molecule has 136 valence electrons. The van der Waals surface area contributed by atoms with E-state index in [-0.39, 0.29) is 17.2 Å². The number of amides is 1. The summed E-state index contributed by atoms with van der Waals surface area (Å²) in [6, 6.07) is 6.23. The Bertz CT molecular complexity index is 1010. The van der Waals surface area contributed by atoms with Crippen molar-refractivity contribution < 1.29 is 4.79 Å². The Morgan fingerprint density at radius 1 is 1.23 bits per heavy atom. The zero-order valence-corrected chi connectivity index (χ0v) is 16.9. The number of nitrogens with one attached hydrogen (secondary N) is 1. The van der Waals surface area contributed by atoms with E-state index in [1.165, 1.54) is 28.2 Å². The molecule has 1 N–H and O–H groups in total. The summed E-state index contributed by atoms with van der Waals surface area (Å²) < 4.78 is 1.66. The molecule has 0 aliphatic carbocycles. The molecule has 1 amide bonds. The number of carbonyl (C=O) groups excluding carboxylic acids is 1. The Hall–Kier alpha value is -2.25. The smallest absolute Gasteiger partial charge is 0.303 e. The maximum absolute atomic E-state index is 12.2. The molecule has 0 radical (unpaired) electrons. The lowest BCUT2D eigenvalue weighted by atomic mass is 10.0. The molecule has 26 heavy (non-hydrogen) atoms. The van der Waals surface area contributed by atoms with Gasteiger partial charge in [0.25, 0.3) is 0 Å². The largest absolute Gasteiger partial charge is 0.307 e. The van der Waals surface area contributed by atoms with Gasteiger partial charge in [0.05, 0.1) is 5.69 Å². The zero-order chi connectivity index (χ0) is 18.8. The number of rotatable bonds is 5. The van der Waals surface area contributed by atoms with Crippen molar-refractivity contribution in [1.82, 2.24) is 9.55 Å². The molecule has 0 spiro atoms. The van der Waals surface area contributed by atoms with Gasteiger partial charge in [0, 0.05) is 34.5 Å². The van der Waals surface area contributed by atoms with E-state index in [4.69, 9.17) is 0 Å². The minimum absolute atomic E-state index is 0.0146. The van der Waals surface area contributed by atoms with Crippen LogP contribution in [0.15, 0.2) is 28.4 Å². The van der Waals surface area contributed by atoms with Crippen molar-refractivity contribution in [3.05, 3.63) is 54.9 Å². The van der Waals surface area contributed by atoms with E-state index in [1.807, 2.05) is 19.2 Å². The number of hydrogen-bond donors (Lipinski definition) is 1. The summed E-state index contributed by atoms with van der Waals surface area (Å²) in [6.45, 7) is 8.33. The van der Waals surface area contributed by atoms with Crippen molar-refractivity contribution in [2.24, 2.45) is 0 Å². The maximum atomic E-state index is 12.2. The lowest BCUT2D eigenvalue weighted by molar-refractivity contribution is -0.116. The highest BCUT2D eigenvalue weighted by Crippen LogP contribution is 2.28. The molecular formula is C19H21N3O2S2. The van der Waals surface area contributed by atoms with Crippen molar-refractivity contribution in [2.45, 2.75) is 40.7 Å². The highest BCUT2D eigenvalue weighted by molar-refractivity contribution is 7.14. The number of nitrogens with zero attached hydrogens (tertiary/aromatic N) is 2. The van der Waals surface area contributed by atoms with Gasteiger partial charge >= 0.3 is 4.87 Å². The molecule has 5 nitrogen and oxygen atoms in total. The van der Waals surface area contributed by atoms with Crippen LogP contribution in [-0.4, -0.2) is 15.5 Å². The monoisotopic (exact) mass is 387 g/mol. The molecule has 0 aliphatic rings. The summed E-state index contributed by atoms with van der Waals surface area (Å²) in [7, 11) is 0. The Balaban J connectivity index is 1.65. The van der Waals surface area contributed by atoms with Crippen molar-refractivity contribution in [2.75, 3.05) is 5.32 Å². The van der Waals surface area contributed by atoms with Gasteiger partial charge in [-0.2, -0.15) is 0 Å². The van der Waals surface area contributed by atoms with Gasteiger partial charge in [-0.1, -0.05) is 35.1 Å². The SMILES string of the molecule is Cc1ccc(-c2csc(NC(=O)CCn3c(C)c(C)sc3=O)n2)c(C)c1. The normalized spacial score (nSPS) is 10.9. The maximum Gasteiger partial charge on any atom is 0.307 e. The number of hydrogen-bond acceptors (Lipinski definition) is 5. The molecule has 1 aromatic carbocycles. The third-order valence-electron chi connectivity index (χ3n) is 4.35. The van der Waals surface area contributed by atoms with Crippen LogP contribution < -0.4 is 10.2 Å². The van der Waals surface area contributed by atoms with E-state index in [9.17, 15) is 9.59 Å². The molecule has 0 fully saturated rings. The predicted octanol–water partition coefficient (Wildman–Crippen LogP) is 4.30. The fourth-order valence-electron chi connectivity index (χ4n) is 2.80. The zero-order valence-electron chi connectivity index (χ0n) is 15.3. The minimum Gasteiger partial charge on any atom is -0.303 e. The number of benzene rings is 1. The van der Waals surface area contributed by atoms with Gasteiger partial charge in [-0.3, -0.25) is 9.59 Å². The molecule has 3 rings (SSSR count). The second kappa shape index (κ2) is 7.55. The highest BCUT2D eigenvalue weighted by Gasteiger charge is 2.12. The van der Waals surface area contributed by atoms with E-state index in [0.29, 0.717) is 11.7 Å². The number of thiazole rings is 2. The van der Waals surface area contributed by atoms with E-state index in [0.717, 1.165) is 27.4 Å². The Kier molecular flexibility index (Phi) is 5.38. The molecule has 2 heterocycles. The standard InChI is InChI=1S/C19H21N3O2S2/c1-11-5-6-15(12(2)9-11)16-10-25-18(20-16)21-17(23)7-8-22-13(3)14(4)26-19(22)24/h5-6,9-10H,7-8H2,1-4H3,(H,20,21,23). The number of aryl methyl sites for hydroxylation is 3. The number of anilines is 1. The lowest BCUT2D eigenvalue weighted by Gasteiger charge is -2.05. The molecule has 2 aromatic heterocycles. The summed E-state index contributed by atoms with van der Waals surface area (Å²) in [5, 5.41) is 5.36. The Labute approximate surface area is 160 Å². The van der Waals surface area contributed by atoms with Crippen LogP contribution in [0.1, 0.15) is 28.1 Å². The van der Waals surface area contributed by atoms with Crippen LogP contribution in [0.2, 0.25) is 0 Å². The fraction of sp³-hybridized carbons (Fsp3) is 0.316. The first-order chi connectivity index (χ1) is 12.3. The van der Waals surface area contributed by atoms with Crippen LogP contribution in [-0.2, 0) is 11.3 Å². The molecule has 0 saturated carbocycles. The van der Waals surface area contributed by atoms with E-state index in [2.05, 4.69) is 42.3 Å². The van der Waals surface area contributed by atoms with Crippen LogP contribution >= 0.6 is 22.7 Å². The molecule has 0 saturated heterocycles. The lowest BCUT2D eigenvalue weighted by Crippen LogP contribution is -2.20. The van der Waals surface area contributed by atoms with E-state index in [1.54, 1.807) is 4.57 Å². The molecule has 3 aromatic rings. The molecule has 0 bridgehead atoms. The summed E-state index contributed by atoms with van der Waals surface area (Å²) in [5.41, 5.74) is 5.24. The quantitative estimate of drug-likeness (QED) is 0.710. The topological polar surface area (TPSA) is 64.0 Å². The highest BCUT2D eigenvalue weighted by atomic mass is 32.1. The molecule has 7 heteroatoms. The molecule has 0 aliphatic heterocycles. The Morgan fingerprint density at radius 3 is 2.65 bits per heavy atom. The first-order valence-corrected chi connectivity index (χ1v) is 10.0. The van der Waals surface area contributed by atoms with Gasteiger partial charge in [-0.15, -0.1) is 11.3 Å². The molecule has 0 unspecified atom stereocenters. The summed E-state index contributed by atoms with van der Waals surface area (Å²) in [6.07, 6.45) is 0.245. The average Bonchev–Trinajstić information content (AvgIpc) is 3.11. The van der Waals surface area contributed by atoms with Gasteiger partial charge in [-0.05, 0) is 33.3 Å². The third kappa shape index (κ3) is 3.94. The first kappa shape index (κ1) is 18.5. The van der Waals surface area contributed by atoms with Crippen LogP contribution in [0.25, 0.3) is 11.3 Å². The van der Waals surface area contributed by atoms with Gasteiger partial charge in [0.15, 0.2) is 5.13 Å². The number of carbonyl (C=O) groups is 1. The van der Waals surface area contributed by atoms with Crippen LogP contribution in [0.3, 0.4) is 0 Å². The Morgan fingerprint density at radius 2 is 2.00 bits per heavy atom. The van der Waals surface area contributed by atoms with E-state index >= 15 is 0 Å². The average molecular weight is 388 g/mol. The van der Waals surface area contributed by atoms with Crippen LogP contribution in [0, 0.1) is 27.7 Å². The second-order valence-corrected chi connectivity index (χ2v) is 8.34. The second-order valence-electron chi connectivity index (χ2n) is 6.32. The predicted molar refractivity (Wildman–Crippen MR) is 108 cm³/mol. The summed E-state index contributed by atoms with van der Waals surface area (Å²) in [5.74, 6) is -0.137. The molecular weight excluding hydrogens is 366 g/mol. The first-order valence-electron chi connectivity index (χ1n) is 8.35. The summed E-state index contributed by atoms with van der Waals surface area (Å²) in [4.78, 5) is 29.6. The van der Waals surface area contributed by atoms with Gasteiger partial charge in [0.2, 0.25) is 5.91 Å². The third-order valence-corrected chi connectivity index (χ3v) is 6.10. The van der Waals surface area contributed by atoms with Crippen molar-refractivity contribution in [3.63, 3.8) is 0 Å². The summed E-state index contributed by atoms with van der Waals surface area (Å²) >= 11 is 2.63. The fourth-order valence-corrected chi connectivity index (χ4v) is 4.38. The van der Waals surface area contributed by atoms with Crippen LogP contribution in [0.4, 0.5) is 5.13 Å². The number of aromatic nitrogens is 2. The minimum atomic E-state index is -0.137. The van der Waals surface area contributed by atoms with Gasteiger partial charge < -0.3 is 9.88 Å². The van der Waals surface area contributed by atoms with E-state index < -0.39 is 0 Å². The van der Waals surface area contributed by atoms with Gasteiger partial charge in [-0.25, -0.2) is 4.98 Å². The van der Waals surface area contributed by atoms with Crippen molar-refractivity contribution in [1.29, 1.82) is 0 Å². The van der Waals surface area contributed by atoms with Crippen LogP contribution in [0.5, 0.6) is 0 Å².